The second kappa shape index (κ2) is 9.16. The van der Waals surface area contributed by atoms with E-state index in [-0.39, 0.29) is 29.7 Å². The van der Waals surface area contributed by atoms with Crippen LogP contribution in [0.25, 0.3) is 0 Å². The summed E-state index contributed by atoms with van der Waals surface area (Å²) in [4.78, 5) is 27.8. The molecule has 2 atom stereocenters. The van der Waals surface area contributed by atoms with Gasteiger partial charge in [-0.3, -0.25) is 9.59 Å². The molecule has 2 amide bonds. The first-order chi connectivity index (χ1) is 15.7. The number of carbonyl (C=O) groups is 2. The Morgan fingerprint density at radius 3 is 2.45 bits per heavy atom. The molecule has 2 aromatic rings. The van der Waals surface area contributed by atoms with Crippen molar-refractivity contribution in [2.24, 2.45) is 5.41 Å². The summed E-state index contributed by atoms with van der Waals surface area (Å²) in [5.41, 5.74) is 2.40. The largest absolute Gasteiger partial charge is 0.481 e. The number of fused-ring (bicyclic) bond motifs is 1. The highest BCUT2D eigenvalue weighted by Crippen LogP contribution is 2.39. The first kappa shape index (κ1) is 23.3. The first-order valence-corrected chi connectivity index (χ1v) is 11.8. The average molecular weight is 453 g/mol. The van der Waals surface area contributed by atoms with E-state index in [1.807, 2.05) is 50.8 Å². The number of benzene rings is 2. The maximum absolute atomic E-state index is 13.7. The highest BCUT2D eigenvalue weighted by Gasteiger charge is 2.37. The molecule has 2 aliphatic rings. The molecule has 0 aromatic heterocycles. The Hall–Kier alpha value is -2.89. The maximum atomic E-state index is 13.7. The van der Waals surface area contributed by atoms with Gasteiger partial charge < -0.3 is 15.0 Å². The monoisotopic (exact) mass is 452 g/mol. The Morgan fingerprint density at radius 1 is 1.15 bits per heavy atom. The third-order valence-electron chi connectivity index (χ3n) is 6.30. The van der Waals surface area contributed by atoms with E-state index in [1.165, 1.54) is 12.1 Å². The van der Waals surface area contributed by atoms with Crippen molar-refractivity contribution in [2.75, 3.05) is 6.54 Å². The molecule has 5 nitrogen and oxygen atoms in total. The number of carbonyl (C=O) groups excluding carboxylic acids is 2. The van der Waals surface area contributed by atoms with Gasteiger partial charge in [0.1, 0.15) is 11.6 Å². The molecule has 33 heavy (non-hydrogen) atoms. The number of rotatable bonds is 6. The molecule has 1 aliphatic heterocycles. The Labute approximate surface area is 195 Å². The van der Waals surface area contributed by atoms with Crippen molar-refractivity contribution < 1.29 is 18.7 Å². The van der Waals surface area contributed by atoms with E-state index in [1.54, 1.807) is 12.1 Å². The molecule has 0 bridgehead atoms. The second-order valence-corrected chi connectivity index (χ2v) is 10.1. The third kappa shape index (κ3) is 5.21. The minimum absolute atomic E-state index is 0.0454. The number of amides is 2. The van der Waals surface area contributed by atoms with Gasteiger partial charge in [-0.2, -0.15) is 0 Å². The van der Waals surface area contributed by atoms with Crippen LogP contribution in [0.3, 0.4) is 0 Å². The van der Waals surface area contributed by atoms with Gasteiger partial charge in [0.25, 0.3) is 5.91 Å². The van der Waals surface area contributed by atoms with E-state index in [9.17, 15) is 14.0 Å². The lowest BCUT2D eigenvalue weighted by Crippen LogP contribution is -2.45. The van der Waals surface area contributed by atoms with Gasteiger partial charge in [0.2, 0.25) is 5.91 Å². The van der Waals surface area contributed by atoms with E-state index in [0.717, 1.165) is 36.0 Å². The van der Waals surface area contributed by atoms with Gasteiger partial charge in [0, 0.05) is 18.0 Å². The summed E-state index contributed by atoms with van der Waals surface area (Å²) in [6.07, 6.45) is 2.78. The summed E-state index contributed by atoms with van der Waals surface area (Å²) in [6.45, 7) is 8.26. The number of hydrogen-bond donors (Lipinski definition) is 1. The van der Waals surface area contributed by atoms with Crippen molar-refractivity contribution in [3.05, 3.63) is 65.0 Å². The average Bonchev–Trinajstić information content (AvgIpc) is 3.60. The Balaban J connectivity index is 1.69. The minimum Gasteiger partial charge on any atom is -0.481 e. The molecule has 2 aromatic carbocycles. The number of nitrogens with zero attached hydrogens (tertiary/aromatic N) is 1. The van der Waals surface area contributed by atoms with Crippen LogP contribution >= 0.6 is 0 Å². The Bertz CT molecular complexity index is 1020. The van der Waals surface area contributed by atoms with E-state index < -0.39 is 11.5 Å². The third-order valence-corrected chi connectivity index (χ3v) is 6.30. The number of nitrogens with one attached hydrogen (secondary N) is 1. The maximum Gasteiger partial charge on any atom is 0.261 e. The van der Waals surface area contributed by atoms with E-state index in [0.29, 0.717) is 18.7 Å². The topological polar surface area (TPSA) is 58.6 Å². The van der Waals surface area contributed by atoms with Gasteiger partial charge in [-0.05, 0) is 66.6 Å². The summed E-state index contributed by atoms with van der Waals surface area (Å²) in [7, 11) is 0. The second-order valence-electron chi connectivity index (χ2n) is 10.1. The van der Waals surface area contributed by atoms with Crippen LogP contribution in [0.4, 0.5) is 4.39 Å². The standard InChI is InChI=1S/C27H33FN2O3/c1-5-23(25(31)29-20-11-12-20)33-21-13-8-17-14-15-30(26(32)27(2,3)4)24(22(17)16-21)18-6-9-19(28)10-7-18/h6-10,13,16,20,23-24H,5,11-12,14-15H2,1-4H3,(H,29,31)/t23-,24+/m0/s1. The first-order valence-electron chi connectivity index (χ1n) is 11.8. The van der Waals surface area contributed by atoms with Crippen LogP contribution < -0.4 is 10.1 Å². The molecule has 0 spiro atoms. The van der Waals surface area contributed by atoms with Crippen molar-refractivity contribution in [1.29, 1.82) is 0 Å². The van der Waals surface area contributed by atoms with Gasteiger partial charge >= 0.3 is 0 Å². The highest BCUT2D eigenvalue weighted by molar-refractivity contribution is 5.83. The Morgan fingerprint density at radius 2 is 1.85 bits per heavy atom. The Kier molecular flexibility index (Phi) is 6.46. The van der Waals surface area contributed by atoms with Crippen molar-refractivity contribution in [3.63, 3.8) is 0 Å². The molecule has 0 unspecified atom stereocenters. The summed E-state index contributed by atoms with van der Waals surface area (Å²) in [6, 6.07) is 12.1. The molecule has 176 valence electrons. The number of halogens is 1. The predicted octanol–water partition coefficient (Wildman–Crippen LogP) is 4.78. The lowest BCUT2D eigenvalue weighted by atomic mass is 9.85. The van der Waals surface area contributed by atoms with Crippen LogP contribution in [0.1, 0.15) is 69.7 Å². The van der Waals surface area contributed by atoms with E-state index >= 15 is 0 Å². The number of hydrogen-bond acceptors (Lipinski definition) is 3. The van der Waals surface area contributed by atoms with Crippen LogP contribution in [-0.4, -0.2) is 35.4 Å². The van der Waals surface area contributed by atoms with Crippen molar-refractivity contribution in [2.45, 2.75) is 71.6 Å². The van der Waals surface area contributed by atoms with Crippen LogP contribution in [0.15, 0.2) is 42.5 Å². The summed E-state index contributed by atoms with van der Waals surface area (Å²) < 4.78 is 19.8. The molecule has 1 fully saturated rings. The van der Waals surface area contributed by atoms with Crippen LogP contribution in [0.2, 0.25) is 0 Å². The molecule has 4 rings (SSSR count). The fraction of sp³-hybridized carbons (Fsp3) is 0.481. The van der Waals surface area contributed by atoms with Gasteiger partial charge in [-0.1, -0.05) is 45.9 Å². The predicted molar refractivity (Wildman–Crippen MR) is 125 cm³/mol. The molecule has 1 heterocycles. The highest BCUT2D eigenvalue weighted by atomic mass is 19.1. The molecule has 1 saturated carbocycles. The minimum atomic E-state index is -0.566. The van der Waals surface area contributed by atoms with Crippen molar-refractivity contribution in [3.8, 4) is 5.75 Å². The van der Waals surface area contributed by atoms with E-state index in [4.69, 9.17) is 4.74 Å². The summed E-state index contributed by atoms with van der Waals surface area (Å²) in [5.74, 6) is 0.248. The zero-order chi connectivity index (χ0) is 23.8. The van der Waals surface area contributed by atoms with Gasteiger partial charge in [-0.15, -0.1) is 0 Å². The zero-order valence-corrected chi connectivity index (χ0v) is 19.9. The van der Waals surface area contributed by atoms with Crippen LogP contribution in [0.5, 0.6) is 5.75 Å². The van der Waals surface area contributed by atoms with Gasteiger partial charge in [0.05, 0.1) is 6.04 Å². The summed E-state index contributed by atoms with van der Waals surface area (Å²) in [5, 5.41) is 3.01. The smallest absolute Gasteiger partial charge is 0.261 e. The lowest BCUT2D eigenvalue weighted by molar-refractivity contribution is -0.141. The van der Waals surface area contributed by atoms with Crippen LogP contribution in [-0.2, 0) is 16.0 Å². The molecule has 0 saturated heterocycles. The molecule has 1 aliphatic carbocycles. The van der Waals surface area contributed by atoms with Crippen molar-refractivity contribution in [1.82, 2.24) is 10.2 Å². The van der Waals surface area contributed by atoms with Crippen molar-refractivity contribution >= 4 is 11.8 Å². The molecular formula is C27H33FN2O3. The fourth-order valence-electron chi connectivity index (χ4n) is 4.33. The number of ether oxygens (including phenoxy) is 1. The van der Waals surface area contributed by atoms with Crippen LogP contribution in [0, 0.1) is 11.2 Å². The van der Waals surface area contributed by atoms with E-state index in [2.05, 4.69) is 5.32 Å². The molecular weight excluding hydrogens is 419 g/mol. The summed E-state index contributed by atoms with van der Waals surface area (Å²) >= 11 is 0. The molecule has 0 radical (unpaired) electrons. The molecule has 1 N–H and O–H groups in total. The fourth-order valence-corrected chi connectivity index (χ4v) is 4.33. The molecule has 6 heteroatoms. The van der Waals surface area contributed by atoms with Gasteiger partial charge in [-0.25, -0.2) is 4.39 Å². The lowest BCUT2D eigenvalue weighted by Gasteiger charge is -2.41. The quantitative estimate of drug-likeness (QED) is 0.686. The zero-order valence-electron chi connectivity index (χ0n) is 19.9. The normalized spacial score (nSPS) is 18.9. The van der Waals surface area contributed by atoms with Gasteiger partial charge in [0.15, 0.2) is 6.10 Å². The SMILES string of the molecule is CC[C@H](Oc1ccc2c(c1)[C@@H](c1ccc(F)cc1)N(C(=O)C(C)(C)C)CC2)C(=O)NC1CC1.